The Labute approximate surface area is 99.8 Å². The van der Waals surface area contributed by atoms with Crippen molar-refractivity contribution in [2.24, 2.45) is 7.05 Å². The number of hydrogen-bond donors (Lipinski definition) is 1. The molecule has 0 fully saturated rings. The second-order valence-corrected chi connectivity index (χ2v) is 4.06. The molecular weight excluding hydrogens is 313 g/mol. The van der Waals surface area contributed by atoms with Crippen molar-refractivity contribution < 1.29 is 14.6 Å². The Kier molecular flexibility index (Phi) is 3.38. The molecule has 6 heteroatoms. The summed E-state index contributed by atoms with van der Waals surface area (Å²) in [6.45, 7) is 1.69. The van der Waals surface area contributed by atoms with Crippen LogP contribution in [0.15, 0.2) is 4.79 Å². The normalized spacial score (nSPS) is 10.1. The van der Waals surface area contributed by atoms with Crippen molar-refractivity contribution in [3.63, 3.8) is 0 Å². The molecular formula is C9H10INO4. The van der Waals surface area contributed by atoms with Gasteiger partial charge < -0.3 is 14.4 Å². The molecule has 1 heterocycles. The highest BCUT2D eigenvalue weighted by atomic mass is 127. The van der Waals surface area contributed by atoms with Crippen LogP contribution in [0.2, 0.25) is 0 Å². The second-order valence-electron chi connectivity index (χ2n) is 2.98. The number of carbonyl (C=O) groups is 1. The lowest BCUT2D eigenvalue weighted by atomic mass is 10.2. The standard InChI is InChI=1S/C9H10INO4/c1-4-6(10)5(9(13)14)7(15-3)8(12)11(4)2/h1-3H3,(H,13,14). The number of aromatic carboxylic acids is 1. The molecule has 15 heavy (non-hydrogen) atoms. The van der Waals surface area contributed by atoms with Crippen molar-refractivity contribution in [2.75, 3.05) is 7.11 Å². The highest BCUT2D eigenvalue weighted by Crippen LogP contribution is 2.22. The minimum atomic E-state index is -1.16. The van der Waals surface area contributed by atoms with E-state index in [0.29, 0.717) is 9.26 Å². The number of halogens is 1. The van der Waals surface area contributed by atoms with Gasteiger partial charge in [0.2, 0.25) is 0 Å². The van der Waals surface area contributed by atoms with Crippen LogP contribution in [0.25, 0.3) is 0 Å². The first kappa shape index (κ1) is 12.0. The molecule has 0 bridgehead atoms. The molecule has 1 rings (SSSR count). The van der Waals surface area contributed by atoms with Crippen molar-refractivity contribution in [2.45, 2.75) is 6.92 Å². The topological polar surface area (TPSA) is 68.5 Å². The van der Waals surface area contributed by atoms with Crippen LogP contribution in [0.1, 0.15) is 16.1 Å². The van der Waals surface area contributed by atoms with Gasteiger partial charge in [-0.2, -0.15) is 0 Å². The summed E-state index contributed by atoms with van der Waals surface area (Å²) in [7, 11) is 2.86. The lowest BCUT2D eigenvalue weighted by Gasteiger charge is -2.12. The van der Waals surface area contributed by atoms with E-state index in [1.54, 1.807) is 14.0 Å². The summed E-state index contributed by atoms with van der Waals surface area (Å²) in [6.07, 6.45) is 0. The zero-order valence-electron chi connectivity index (χ0n) is 8.50. The quantitative estimate of drug-likeness (QED) is 0.825. The largest absolute Gasteiger partial charge is 0.490 e. The van der Waals surface area contributed by atoms with E-state index in [9.17, 15) is 9.59 Å². The maximum absolute atomic E-state index is 11.7. The third-order valence-corrected chi connectivity index (χ3v) is 3.50. The van der Waals surface area contributed by atoms with Gasteiger partial charge >= 0.3 is 5.97 Å². The Morgan fingerprint density at radius 3 is 2.47 bits per heavy atom. The van der Waals surface area contributed by atoms with E-state index in [4.69, 9.17) is 9.84 Å². The lowest BCUT2D eigenvalue weighted by Crippen LogP contribution is -2.25. The van der Waals surface area contributed by atoms with E-state index in [-0.39, 0.29) is 11.3 Å². The minimum absolute atomic E-state index is 0.0706. The van der Waals surface area contributed by atoms with Crippen LogP contribution >= 0.6 is 22.6 Å². The van der Waals surface area contributed by atoms with E-state index < -0.39 is 11.5 Å². The summed E-state index contributed by atoms with van der Waals surface area (Å²) in [5.41, 5.74) is 0.102. The molecule has 82 valence electrons. The fourth-order valence-corrected chi connectivity index (χ4v) is 2.06. The number of rotatable bonds is 2. The molecule has 0 atom stereocenters. The van der Waals surface area contributed by atoms with Crippen LogP contribution in [-0.4, -0.2) is 22.8 Å². The zero-order valence-corrected chi connectivity index (χ0v) is 10.7. The number of carboxylic acids is 1. The Hall–Kier alpha value is -1.05. The van der Waals surface area contributed by atoms with E-state index >= 15 is 0 Å². The van der Waals surface area contributed by atoms with Crippen LogP contribution in [-0.2, 0) is 7.05 Å². The molecule has 0 aliphatic rings. The Balaban J connectivity index is 3.78. The van der Waals surface area contributed by atoms with Crippen LogP contribution in [0.5, 0.6) is 5.75 Å². The van der Waals surface area contributed by atoms with Crippen LogP contribution in [0.3, 0.4) is 0 Å². The second kappa shape index (κ2) is 4.21. The molecule has 0 saturated carbocycles. The number of aromatic nitrogens is 1. The summed E-state index contributed by atoms with van der Waals surface area (Å²) >= 11 is 1.89. The fraction of sp³-hybridized carbons (Fsp3) is 0.333. The molecule has 1 aromatic heterocycles. The van der Waals surface area contributed by atoms with Gasteiger partial charge in [-0.25, -0.2) is 4.79 Å². The monoisotopic (exact) mass is 323 g/mol. The third-order valence-electron chi connectivity index (χ3n) is 2.18. The van der Waals surface area contributed by atoms with Crippen molar-refractivity contribution in [1.82, 2.24) is 4.57 Å². The van der Waals surface area contributed by atoms with Gasteiger partial charge in [-0.3, -0.25) is 4.79 Å². The molecule has 0 aliphatic carbocycles. The highest BCUT2D eigenvalue weighted by Gasteiger charge is 2.22. The van der Waals surface area contributed by atoms with Gasteiger partial charge in [0.05, 0.1) is 10.7 Å². The maximum Gasteiger partial charge on any atom is 0.340 e. The number of hydrogen-bond acceptors (Lipinski definition) is 3. The first-order valence-electron chi connectivity index (χ1n) is 4.08. The molecule has 1 aromatic rings. The van der Waals surface area contributed by atoms with E-state index in [1.807, 2.05) is 22.6 Å². The number of carboxylic acid groups (broad SMARTS) is 1. The molecule has 0 amide bonds. The molecule has 0 unspecified atom stereocenters. The number of pyridine rings is 1. The van der Waals surface area contributed by atoms with Crippen molar-refractivity contribution in [3.8, 4) is 5.75 Å². The van der Waals surface area contributed by atoms with Gasteiger partial charge in [0.25, 0.3) is 5.56 Å². The van der Waals surface area contributed by atoms with Gasteiger partial charge in [-0.15, -0.1) is 0 Å². The molecule has 5 nitrogen and oxygen atoms in total. The van der Waals surface area contributed by atoms with Crippen molar-refractivity contribution >= 4 is 28.6 Å². The van der Waals surface area contributed by atoms with Gasteiger partial charge in [0, 0.05) is 12.7 Å². The predicted octanol–water partition coefficient (Wildman–Crippen LogP) is 1.01. The molecule has 0 radical (unpaired) electrons. The van der Waals surface area contributed by atoms with Gasteiger partial charge in [-0.05, 0) is 29.5 Å². The highest BCUT2D eigenvalue weighted by molar-refractivity contribution is 14.1. The number of ether oxygens (including phenoxy) is 1. The first-order chi connectivity index (χ1) is 6.91. The molecule has 0 spiro atoms. The average Bonchev–Trinajstić information content (AvgIpc) is 2.19. The summed E-state index contributed by atoms with van der Waals surface area (Å²) in [6, 6.07) is 0. The van der Waals surface area contributed by atoms with E-state index in [0.717, 1.165) is 0 Å². The Morgan fingerprint density at radius 1 is 1.53 bits per heavy atom. The smallest absolute Gasteiger partial charge is 0.340 e. The third kappa shape index (κ3) is 1.85. The number of methoxy groups -OCH3 is 1. The lowest BCUT2D eigenvalue weighted by molar-refractivity contribution is 0.0691. The van der Waals surface area contributed by atoms with E-state index in [1.165, 1.54) is 11.7 Å². The van der Waals surface area contributed by atoms with E-state index in [2.05, 4.69) is 0 Å². The van der Waals surface area contributed by atoms with Gasteiger partial charge in [0.1, 0.15) is 5.56 Å². The Morgan fingerprint density at radius 2 is 2.07 bits per heavy atom. The summed E-state index contributed by atoms with van der Waals surface area (Å²) < 4.78 is 6.72. The van der Waals surface area contributed by atoms with Crippen LogP contribution < -0.4 is 10.3 Å². The summed E-state index contributed by atoms with van der Waals surface area (Å²) in [4.78, 5) is 22.7. The molecule has 0 saturated heterocycles. The van der Waals surface area contributed by atoms with Crippen molar-refractivity contribution in [1.29, 1.82) is 0 Å². The fourth-order valence-electron chi connectivity index (χ4n) is 1.22. The maximum atomic E-state index is 11.7. The molecule has 0 aliphatic heterocycles. The molecule has 0 aromatic carbocycles. The van der Waals surface area contributed by atoms with Crippen LogP contribution in [0.4, 0.5) is 0 Å². The average molecular weight is 323 g/mol. The predicted molar refractivity (Wildman–Crippen MR) is 62.6 cm³/mol. The number of nitrogens with zero attached hydrogens (tertiary/aromatic N) is 1. The first-order valence-corrected chi connectivity index (χ1v) is 5.16. The summed E-state index contributed by atoms with van der Waals surface area (Å²) in [5, 5.41) is 8.98. The van der Waals surface area contributed by atoms with Crippen LogP contribution in [0, 0.1) is 10.5 Å². The SMILES string of the molecule is COc1c(C(=O)O)c(I)c(C)n(C)c1=O. The van der Waals surface area contributed by atoms with Gasteiger partial charge in [0.15, 0.2) is 5.75 Å². The zero-order chi connectivity index (χ0) is 11.7. The van der Waals surface area contributed by atoms with Gasteiger partial charge in [-0.1, -0.05) is 0 Å². The Bertz CT molecular complexity index is 478. The minimum Gasteiger partial charge on any atom is -0.490 e. The summed E-state index contributed by atoms with van der Waals surface area (Å²) in [5.74, 6) is -1.28. The molecule has 1 N–H and O–H groups in total. The van der Waals surface area contributed by atoms with Crippen molar-refractivity contribution in [3.05, 3.63) is 25.2 Å².